The molecule has 4 rings (SSSR count). The van der Waals surface area contributed by atoms with Crippen LogP contribution in [0.4, 0.5) is 11.6 Å². The minimum Gasteiger partial charge on any atom is -0.368 e. The number of hydrogen-bond acceptors (Lipinski definition) is 5. The number of carbonyl (C=O) groups is 1. The van der Waals surface area contributed by atoms with Crippen LogP contribution in [-0.2, 0) is 6.42 Å². The maximum absolute atomic E-state index is 12.6. The second-order valence-electron chi connectivity index (χ2n) is 6.58. The summed E-state index contributed by atoms with van der Waals surface area (Å²) >= 11 is 0. The Morgan fingerprint density at radius 2 is 1.92 bits per heavy atom. The van der Waals surface area contributed by atoms with Crippen molar-refractivity contribution in [2.45, 2.75) is 19.3 Å². The summed E-state index contributed by atoms with van der Waals surface area (Å²) in [4.78, 5) is 25.4. The minimum atomic E-state index is 0.129. The van der Waals surface area contributed by atoms with E-state index in [2.05, 4.69) is 20.2 Å². The molecule has 25 heavy (non-hydrogen) atoms. The predicted molar refractivity (Wildman–Crippen MR) is 98.0 cm³/mol. The number of rotatable bonds is 5. The Kier molecular flexibility index (Phi) is 4.50. The normalized spacial score (nSPS) is 16.9. The number of amides is 1. The first-order chi connectivity index (χ1) is 12.3. The molecule has 2 aliphatic rings. The molecule has 0 atom stereocenters. The fourth-order valence-electron chi connectivity index (χ4n) is 3.57. The quantitative estimate of drug-likeness (QED) is 0.906. The first-order valence-corrected chi connectivity index (χ1v) is 8.99. The summed E-state index contributed by atoms with van der Waals surface area (Å²) < 4.78 is 0. The number of nitrogens with zero attached hydrogens (tertiary/aromatic N) is 4. The van der Waals surface area contributed by atoms with Crippen molar-refractivity contribution < 1.29 is 4.79 Å². The summed E-state index contributed by atoms with van der Waals surface area (Å²) in [6.45, 7) is 4.27. The van der Waals surface area contributed by atoms with Crippen LogP contribution in [0.25, 0.3) is 0 Å². The molecule has 0 radical (unpaired) electrons. The molecule has 1 fully saturated rings. The number of aromatic nitrogens is 2. The molecule has 6 nitrogen and oxygen atoms in total. The van der Waals surface area contributed by atoms with Gasteiger partial charge in [0.05, 0.1) is 0 Å². The second kappa shape index (κ2) is 7.09. The van der Waals surface area contributed by atoms with Crippen LogP contribution < -0.4 is 10.2 Å². The lowest BCUT2D eigenvalue weighted by atomic mass is 9.99. The number of fused-ring (bicyclic) bond motifs is 1. The molecule has 0 unspecified atom stereocenters. The number of hydrogen-bond donors (Lipinski definition) is 1. The van der Waals surface area contributed by atoms with E-state index < -0.39 is 0 Å². The monoisotopic (exact) mass is 337 g/mol. The third-order valence-corrected chi connectivity index (χ3v) is 4.96. The van der Waals surface area contributed by atoms with Crippen molar-refractivity contribution in [2.75, 3.05) is 42.9 Å². The molecule has 0 spiro atoms. The van der Waals surface area contributed by atoms with Gasteiger partial charge < -0.3 is 15.1 Å². The molecule has 2 aliphatic heterocycles. The summed E-state index contributed by atoms with van der Waals surface area (Å²) in [7, 11) is 0. The first-order valence-electron chi connectivity index (χ1n) is 8.99. The van der Waals surface area contributed by atoms with Gasteiger partial charge >= 0.3 is 0 Å². The van der Waals surface area contributed by atoms with E-state index in [-0.39, 0.29) is 5.91 Å². The Morgan fingerprint density at radius 3 is 2.80 bits per heavy atom. The first kappa shape index (κ1) is 15.9. The van der Waals surface area contributed by atoms with E-state index >= 15 is 0 Å². The lowest BCUT2D eigenvalue weighted by Crippen LogP contribution is -2.40. The highest BCUT2D eigenvalue weighted by Crippen LogP contribution is 2.20. The molecule has 1 N–H and O–H groups in total. The Hall–Kier alpha value is -2.63. The van der Waals surface area contributed by atoms with E-state index in [1.54, 1.807) is 6.33 Å². The van der Waals surface area contributed by atoms with E-state index in [9.17, 15) is 4.79 Å². The molecule has 3 heterocycles. The van der Waals surface area contributed by atoms with Gasteiger partial charge in [-0.25, -0.2) is 9.97 Å². The van der Waals surface area contributed by atoms with Crippen molar-refractivity contribution >= 4 is 17.5 Å². The maximum atomic E-state index is 12.6. The summed E-state index contributed by atoms with van der Waals surface area (Å²) in [5.41, 5.74) is 2.00. The third-order valence-electron chi connectivity index (χ3n) is 4.96. The molecular formula is C19H23N5O. The summed E-state index contributed by atoms with van der Waals surface area (Å²) in [5, 5.41) is 3.33. The van der Waals surface area contributed by atoms with Crippen molar-refractivity contribution in [3.63, 3.8) is 0 Å². The van der Waals surface area contributed by atoms with Crippen molar-refractivity contribution in [3.05, 3.63) is 47.8 Å². The molecule has 0 aliphatic carbocycles. The molecule has 1 aromatic carbocycles. The topological polar surface area (TPSA) is 61.4 Å². The van der Waals surface area contributed by atoms with Crippen LogP contribution in [0.2, 0.25) is 0 Å². The largest absolute Gasteiger partial charge is 0.368 e. The molecule has 130 valence electrons. The summed E-state index contributed by atoms with van der Waals surface area (Å²) in [6, 6.07) is 9.89. The zero-order chi connectivity index (χ0) is 17.1. The van der Waals surface area contributed by atoms with Crippen LogP contribution in [0.5, 0.6) is 0 Å². The van der Waals surface area contributed by atoms with Gasteiger partial charge in [-0.3, -0.25) is 4.79 Å². The maximum Gasteiger partial charge on any atom is 0.254 e. The van der Waals surface area contributed by atoms with Gasteiger partial charge in [-0.1, -0.05) is 18.2 Å². The molecule has 1 aromatic heterocycles. The highest BCUT2D eigenvalue weighted by molar-refractivity contribution is 5.96. The smallest absolute Gasteiger partial charge is 0.254 e. The predicted octanol–water partition coefficient (Wildman–Crippen LogP) is 2.19. The van der Waals surface area contributed by atoms with E-state index in [0.29, 0.717) is 13.1 Å². The Balaban J connectivity index is 1.34. The van der Waals surface area contributed by atoms with Crippen LogP contribution in [-0.4, -0.2) is 53.5 Å². The van der Waals surface area contributed by atoms with Crippen LogP contribution in [0.15, 0.2) is 36.7 Å². The average Bonchev–Trinajstić information content (AvgIpc) is 3.19. The third kappa shape index (κ3) is 3.43. The Morgan fingerprint density at radius 1 is 1.08 bits per heavy atom. The number of carbonyl (C=O) groups excluding carboxylic acids is 1. The molecule has 0 saturated carbocycles. The number of anilines is 2. The van der Waals surface area contributed by atoms with Crippen molar-refractivity contribution in [1.82, 2.24) is 14.9 Å². The lowest BCUT2D eigenvalue weighted by molar-refractivity contribution is 0.0746. The molecule has 2 aromatic rings. The van der Waals surface area contributed by atoms with Gasteiger partial charge in [-0.2, -0.15) is 0 Å². The van der Waals surface area contributed by atoms with Gasteiger partial charge in [-0.05, 0) is 30.9 Å². The highest BCUT2D eigenvalue weighted by atomic mass is 16.2. The van der Waals surface area contributed by atoms with Crippen LogP contribution in [0.3, 0.4) is 0 Å². The Bertz CT molecular complexity index is 757. The van der Waals surface area contributed by atoms with E-state index in [1.165, 1.54) is 12.8 Å². The van der Waals surface area contributed by atoms with Gasteiger partial charge in [0.1, 0.15) is 18.0 Å². The van der Waals surface area contributed by atoms with Crippen molar-refractivity contribution in [2.24, 2.45) is 0 Å². The van der Waals surface area contributed by atoms with E-state index in [1.807, 2.05) is 35.2 Å². The number of nitrogens with one attached hydrogen (secondary N) is 1. The zero-order valence-electron chi connectivity index (χ0n) is 14.3. The number of benzene rings is 1. The van der Waals surface area contributed by atoms with Gasteiger partial charge in [0.25, 0.3) is 5.91 Å². The molecule has 1 amide bonds. The summed E-state index contributed by atoms with van der Waals surface area (Å²) in [6.07, 6.45) is 4.99. The van der Waals surface area contributed by atoms with Crippen molar-refractivity contribution in [1.29, 1.82) is 0 Å². The van der Waals surface area contributed by atoms with Crippen LogP contribution in [0, 0.1) is 0 Å². The summed E-state index contributed by atoms with van der Waals surface area (Å²) in [5.74, 6) is 1.93. The van der Waals surface area contributed by atoms with Gasteiger partial charge in [-0.15, -0.1) is 0 Å². The van der Waals surface area contributed by atoms with E-state index in [0.717, 1.165) is 48.8 Å². The zero-order valence-corrected chi connectivity index (χ0v) is 14.3. The van der Waals surface area contributed by atoms with Crippen LogP contribution >= 0.6 is 0 Å². The minimum absolute atomic E-state index is 0.129. The molecule has 6 heteroatoms. The fraction of sp³-hybridized carbons (Fsp3) is 0.421. The fourth-order valence-corrected chi connectivity index (χ4v) is 3.57. The standard InChI is InChI=1S/C19H23N5O/c25-19-16-6-2-1-5-15(16)7-11-24(19)12-8-20-17-13-18(22-14-21-17)23-9-3-4-10-23/h1-2,5-6,13-14H,3-4,7-12H2,(H,20,21,22). The van der Waals surface area contributed by atoms with Crippen LogP contribution in [0.1, 0.15) is 28.8 Å². The lowest BCUT2D eigenvalue weighted by Gasteiger charge is -2.28. The van der Waals surface area contributed by atoms with Gasteiger partial charge in [0.15, 0.2) is 0 Å². The van der Waals surface area contributed by atoms with Gasteiger partial charge in [0.2, 0.25) is 0 Å². The van der Waals surface area contributed by atoms with Gasteiger partial charge in [0, 0.05) is 44.4 Å². The SMILES string of the molecule is O=C1c2ccccc2CCN1CCNc1cc(N2CCCC2)ncn1. The molecular weight excluding hydrogens is 314 g/mol. The molecule has 1 saturated heterocycles. The average molecular weight is 337 g/mol. The Labute approximate surface area is 147 Å². The highest BCUT2D eigenvalue weighted by Gasteiger charge is 2.23. The molecule has 0 bridgehead atoms. The van der Waals surface area contributed by atoms with E-state index in [4.69, 9.17) is 0 Å². The van der Waals surface area contributed by atoms with Crippen molar-refractivity contribution in [3.8, 4) is 0 Å². The second-order valence-corrected chi connectivity index (χ2v) is 6.58.